The van der Waals surface area contributed by atoms with Crippen LogP contribution in [0.4, 0.5) is 0 Å². The molecule has 0 aliphatic carbocycles. The van der Waals surface area contributed by atoms with Crippen molar-refractivity contribution in [3.63, 3.8) is 0 Å². The zero-order valence-corrected chi connectivity index (χ0v) is 12.7. The predicted octanol–water partition coefficient (Wildman–Crippen LogP) is 2.82. The smallest absolute Gasteiger partial charge is 0.125 e. The zero-order valence-electron chi connectivity index (χ0n) is 12.7. The van der Waals surface area contributed by atoms with E-state index < -0.39 is 0 Å². The number of ether oxygens (including phenoxy) is 1. The Kier molecular flexibility index (Phi) is 4.79. The monoisotopic (exact) mass is 273 g/mol. The van der Waals surface area contributed by atoms with Crippen LogP contribution in [0.1, 0.15) is 29.2 Å². The van der Waals surface area contributed by atoms with E-state index in [4.69, 9.17) is 4.74 Å². The highest BCUT2D eigenvalue weighted by atomic mass is 16.5. The molecule has 0 spiro atoms. The Morgan fingerprint density at radius 2 is 1.90 bits per heavy atom. The van der Waals surface area contributed by atoms with Crippen molar-refractivity contribution in [1.29, 1.82) is 0 Å². The molecule has 1 aromatic carbocycles. The predicted molar refractivity (Wildman–Crippen MR) is 80.9 cm³/mol. The number of aryl methyl sites for hydroxylation is 3. The van der Waals surface area contributed by atoms with Gasteiger partial charge in [0.05, 0.1) is 6.20 Å². The van der Waals surface area contributed by atoms with Gasteiger partial charge in [0, 0.05) is 24.8 Å². The number of rotatable bonds is 6. The van der Waals surface area contributed by atoms with Crippen molar-refractivity contribution in [3.05, 3.63) is 46.8 Å². The van der Waals surface area contributed by atoms with E-state index in [0.717, 1.165) is 24.4 Å². The van der Waals surface area contributed by atoms with Crippen molar-refractivity contribution in [3.8, 4) is 5.75 Å². The summed E-state index contributed by atoms with van der Waals surface area (Å²) in [7, 11) is 1.96. The minimum atomic E-state index is 0.563. The highest BCUT2D eigenvalue weighted by molar-refractivity contribution is 5.43. The first-order valence-corrected chi connectivity index (χ1v) is 7.03. The highest BCUT2D eigenvalue weighted by Gasteiger charge is 2.07. The molecule has 2 aromatic rings. The molecule has 0 saturated carbocycles. The molecule has 108 valence electrons. The Labute approximate surface area is 120 Å². The van der Waals surface area contributed by atoms with E-state index in [0.29, 0.717) is 6.61 Å². The minimum Gasteiger partial charge on any atom is -0.488 e. The summed E-state index contributed by atoms with van der Waals surface area (Å²) in [5.41, 5.74) is 4.75. The topological polar surface area (TPSA) is 39.1 Å². The maximum Gasteiger partial charge on any atom is 0.125 e. The van der Waals surface area contributed by atoms with Gasteiger partial charge in [-0.25, -0.2) is 0 Å². The van der Waals surface area contributed by atoms with Crippen LogP contribution in [0.2, 0.25) is 0 Å². The maximum atomic E-state index is 5.97. The van der Waals surface area contributed by atoms with Gasteiger partial charge in [-0.05, 0) is 44.5 Å². The summed E-state index contributed by atoms with van der Waals surface area (Å²) in [6.45, 7) is 8.59. The van der Waals surface area contributed by atoms with Crippen LogP contribution in [-0.4, -0.2) is 16.8 Å². The number of hydrogen-bond donors (Lipinski definition) is 1. The lowest BCUT2D eigenvalue weighted by molar-refractivity contribution is 0.301. The quantitative estimate of drug-likeness (QED) is 0.879. The third-order valence-corrected chi connectivity index (χ3v) is 3.29. The summed E-state index contributed by atoms with van der Waals surface area (Å²) in [4.78, 5) is 0. The lowest BCUT2D eigenvalue weighted by Gasteiger charge is -2.13. The maximum absolute atomic E-state index is 5.97. The fourth-order valence-electron chi connectivity index (χ4n) is 2.38. The van der Waals surface area contributed by atoms with Gasteiger partial charge < -0.3 is 10.1 Å². The molecule has 4 nitrogen and oxygen atoms in total. The van der Waals surface area contributed by atoms with Crippen molar-refractivity contribution in [2.75, 3.05) is 7.05 Å². The third kappa shape index (κ3) is 3.39. The molecule has 4 heteroatoms. The third-order valence-electron chi connectivity index (χ3n) is 3.29. The molecule has 0 aliphatic heterocycles. The van der Waals surface area contributed by atoms with E-state index in [-0.39, 0.29) is 0 Å². The van der Waals surface area contributed by atoms with Gasteiger partial charge in [-0.2, -0.15) is 5.10 Å². The van der Waals surface area contributed by atoms with Gasteiger partial charge in [0.25, 0.3) is 0 Å². The van der Waals surface area contributed by atoms with Gasteiger partial charge in [0.1, 0.15) is 12.4 Å². The van der Waals surface area contributed by atoms with Crippen molar-refractivity contribution in [1.82, 2.24) is 15.1 Å². The fraction of sp³-hybridized carbons (Fsp3) is 0.438. The zero-order chi connectivity index (χ0) is 14.5. The summed E-state index contributed by atoms with van der Waals surface area (Å²) in [6.07, 6.45) is 3.89. The van der Waals surface area contributed by atoms with Crippen LogP contribution in [-0.2, 0) is 19.7 Å². The second-order valence-corrected chi connectivity index (χ2v) is 5.08. The van der Waals surface area contributed by atoms with Crippen LogP contribution in [0.15, 0.2) is 24.5 Å². The Morgan fingerprint density at radius 3 is 2.45 bits per heavy atom. The first kappa shape index (κ1) is 14.6. The Hall–Kier alpha value is -1.81. The summed E-state index contributed by atoms with van der Waals surface area (Å²) >= 11 is 0. The minimum absolute atomic E-state index is 0.563. The molecule has 2 rings (SSSR count). The molecular formula is C16H23N3O. The van der Waals surface area contributed by atoms with Gasteiger partial charge in [-0.1, -0.05) is 12.1 Å². The average molecular weight is 273 g/mol. The Balaban J connectivity index is 2.09. The molecule has 0 atom stereocenters. The van der Waals surface area contributed by atoms with Crippen LogP contribution in [0.5, 0.6) is 5.75 Å². The van der Waals surface area contributed by atoms with Crippen molar-refractivity contribution < 1.29 is 4.74 Å². The van der Waals surface area contributed by atoms with Gasteiger partial charge in [-0.3, -0.25) is 4.68 Å². The highest BCUT2D eigenvalue weighted by Crippen LogP contribution is 2.25. The second-order valence-electron chi connectivity index (χ2n) is 5.08. The fourth-order valence-corrected chi connectivity index (χ4v) is 2.38. The Morgan fingerprint density at radius 1 is 1.20 bits per heavy atom. The molecule has 0 saturated heterocycles. The largest absolute Gasteiger partial charge is 0.488 e. The molecule has 0 fully saturated rings. The SMILES string of the molecule is CCn1cc(COc2c(C)cc(CNC)cc2C)cn1. The van der Waals surface area contributed by atoms with Crippen molar-refractivity contribution >= 4 is 0 Å². The van der Waals surface area contributed by atoms with E-state index >= 15 is 0 Å². The number of nitrogens with one attached hydrogen (secondary N) is 1. The Bertz CT molecular complexity index is 552. The van der Waals surface area contributed by atoms with E-state index in [2.05, 4.69) is 43.3 Å². The summed E-state index contributed by atoms with van der Waals surface area (Å²) in [5, 5.41) is 7.43. The molecule has 1 heterocycles. The van der Waals surface area contributed by atoms with Crippen LogP contribution in [0.3, 0.4) is 0 Å². The van der Waals surface area contributed by atoms with Crippen LogP contribution >= 0.6 is 0 Å². The van der Waals surface area contributed by atoms with E-state index in [1.54, 1.807) is 0 Å². The number of nitrogens with zero attached hydrogens (tertiary/aromatic N) is 2. The lowest BCUT2D eigenvalue weighted by atomic mass is 10.1. The molecule has 0 bridgehead atoms. The summed E-state index contributed by atoms with van der Waals surface area (Å²) in [5.74, 6) is 0.981. The molecule has 0 amide bonds. The lowest BCUT2D eigenvalue weighted by Crippen LogP contribution is -2.06. The van der Waals surface area contributed by atoms with Crippen molar-refractivity contribution in [2.45, 2.75) is 40.5 Å². The van der Waals surface area contributed by atoms with Gasteiger partial charge in [0.2, 0.25) is 0 Å². The standard InChI is InChI=1S/C16H23N3O/c1-5-19-10-15(9-18-19)11-20-16-12(2)6-14(8-17-4)7-13(16)3/h6-7,9-10,17H,5,8,11H2,1-4H3. The first-order chi connectivity index (χ1) is 9.63. The van der Waals surface area contributed by atoms with Crippen molar-refractivity contribution in [2.24, 2.45) is 0 Å². The van der Waals surface area contributed by atoms with Crippen LogP contribution in [0.25, 0.3) is 0 Å². The van der Waals surface area contributed by atoms with E-state index in [1.165, 1.54) is 16.7 Å². The first-order valence-electron chi connectivity index (χ1n) is 7.03. The van der Waals surface area contributed by atoms with E-state index in [1.807, 2.05) is 24.1 Å². The van der Waals surface area contributed by atoms with Gasteiger partial charge >= 0.3 is 0 Å². The summed E-state index contributed by atoms with van der Waals surface area (Å²) < 4.78 is 7.88. The average Bonchev–Trinajstić information content (AvgIpc) is 2.86. The second kappa shape index (κ2) is 6.57. The molecule has 1 aromatic heterocycles. The summed E-state index contributed by atoms with van der Waals surface area (Å²) in [6, 6.07) is 4.35. The molecule has 0 aliphatic rings. The molecule has 0 radical (unpaired) electrons. The van der Waals surface area contributed by atoms with Gasteiger partial charge in [0.15, 0.2) is 0 Å². The number of hydrogen-bond acceptors (Lipinski definition) is 3. The number of aromatic nitrogens is 2. The number of benzene rings is 1. The normalized spacial score (nSPS) is 10.8. The molecule has 1 N–H and O–H groups in total. The van der Waals surface area contributed by atoms with Gasteiger partial charge in [-0.15, -0.1) is 0 Å². The van der Waals surface area contributed by atoms with Crippen LogP contribution < -0.4 is 10.1 Å². The van der Waals surface area contributed by atoms with E-state index in [9.17, 15) is 0 Å². The van der Waals surface area contributed by atoms with Crippen LogP contribution in [0, 0.1) is 13.8 Å². The molecule has 0 unspecified atom stereocenters. The molecule has 20 heavy (non-hydrogen) atoms. The molecular weight excluding hydrogens is 250 g/mol.